The first kappa shape index (κ1) is 28.9. The van der Waals surface area contributed by atoms with Crippen LogP contribution < -0.4 is 9.64 Å². The third-order valence-electron chi connectivity index (χ3n) is 8.48. The molecule has 0 radical (unpaired) electrons. The zero-order valence-corrected chi connectivity index (χ0v) is 27.6. The van der Waals surface area contributed by atoms with Gasteiger partial charge in [0.15, 0.2) is 0 Å². The second kappa shape index (κ2) is 11.3. The number of rotatable bonds is 5. The summed E-state index contributed by atoms with van der Waals surface area (Å²) in [6.45, 7) is 10.6. The summed E-state index contributed by atoms with van der Waals surface area (Å²) in [7, 11) is 0. The van der Waals surface area contributed by atoms with E-state index in [1.165, 1.54) is 5.56 Å². The maximum atomic E-state index is 6.45. The number of ether oxygens (including phenoxy) is 1. The number of pyridine rings is 1. The van der Waals surface area contributed by atoms with E-state index >= 15 is 0 Å². The number of hydrogen-bond acceptors (Lipinski definition) is 4. The Balaban J connectivity index is 0.00000325. The molecule has 226 valence electrons. The van der Waals surface area contributed by atoms with E-state index < -0.39 is 0 Å². The van der Waals surface area contributed by atoms with Crippen LogP contribution in [0.25, 0.3) is 39.0 Å². The van der Waals surface area contributed by atoms with Crippen molar-refractivity contribution in [2.45, 2.75) is 33.6 Å². The van der Waals surface area contributed by atoms with E-state index in [4.69, 9.17) is 14.7 Å². The molecule has 0 saturated carbocycles. The predicted octanol–water partition coefficient (Wildman–Crippen LogP) is 9.29. The molecule has 4 aromatic carbocycles. The monoisotopic (exact) mass is 767 g/mol. The standard InChI is InChI=1S/C38H30N5O.Pt/c1-24(2)27-18-19-39-37(20-27)43-35-15-8-5-12-31(35)32-17-16-30(22-36(32)43)44-29-11-9-10-28(21-29)42-23-41-26(4)25(3)40-38(41)33-13-6-7-14-34(33)42;/h5-20,23-24H,1-4H3;/q-3;. The van der Waals surface area contributed by atoms with E-state index in [2.05, 4.69) is 114 Å². The minimum absolute atomic E-state index is 0. The van der Waals surface area contributed by atoms with Crippen molar-refractivity contribution >= 4 is 33.2 Å². The van der Waals surface area contributed by atoms with Crippen LogP contribution in [0.2, 0.25) is 0 Å². The molecule has 0 saturated heterocycles. The Bertz CT molecular complexity index is 2210. The molecule has 0 atom stereocenters. The summed E-state index contributed by atoms with van der Waals surface area (Å²) in [6.07, 6.45) is 1.89. The fourth-order valence-electron chi connectivity index (χ4n) is 6.04. The maximum Gasteiger partial charge on any atom is 0.135 e. The third kappa shape index (κ3) is 4.81. The van der Waals surface area contributed by atoms with Gasteiger partial charge in [-0.25, -0.2) is 4.98 Å². The summed E-state index contributed by atoms with van der Waals surface area (Å²) in [5, 5.41) is 2.25. The fraction of sp³-hybridized carbons (Fsp3) is 0.132. The number of fused-ring (bicyclic) bond motifs is 6. The predicted molar refractivity (Wildman–Crippen MR) is 176 cm³/mol. The molecule has 0 unspecified atom stereocenters. The summed E-state index contributed by atoms with van der Waals surface area (Å²) in [4.78, 5) is 11.7. The summed E-state index contributed by atoms with van der Waals surface area (Å²) < 4.78 is 10.8. The molecule has 0 fully saturated rings. The molecule has 1 aliphatic rings. The van der Waals surface area contributed by atoms with Crippen molar-refractivity contribution < 1.29 is 25.8 Å². The minimum Gasteiger partial charge on any atom is -0.509 e. The van der Waals surface area contributed by atoms with Crippen molar-refractivity contribution in [3.63, 3.8) is 0 Å². The van der Waals surface area contributed by atoms with Gasteiger partial charge in [-0.3, -0.25) is 0 Å². The number of imidazole rings is 1. The largest absolute Gasteiger partial charge is 0.509 e. The van der Waals surface area contributed by atoms with Gasteiger partial charge in [0.2, 0.25) is 0 Å². The van der Waals surface area contributed by atoms with E-state index in [1.807, 2.05) is 43.5 Å². The normalized spacial score (nSPS) is 12.2. The smallest absolute Gasteiger partial charge is 0.135 e. The van der Waals surface area contributed by atoms with Gasteiger partial charge >= 0.3 is 0 Å². The number of aryl methyl sites for hydroxylation is 1. The van der Waals surface area contributed by atoms with E-state index in [-0.39, 0.29) is 21.1 Å². The fourth-order valence-corrected chi connectivity index (χ4v) is 6.04. The number of anilines is 2. The average molecular weight is 768 g/mol. The minimum atomic E-state index is 0. The van der Waals surface area contributed by atoms with Gasteiger partial charge in [-0.1, -0.05) is 74.1 Å². The molecule has 7 heteroatoms. The van der Waals surface area contributed by atoms with Crippen molar-refractivity contribution in [2.24, 2.45) is 0 Å². The molecule has 0 bridgehead atoms. The zero-order chi connectivity index (χ0) is 29.9. The summed E-state index contributed by atoms with van der Waals surface area (Å²) >= 11 is 0. The molecule has 3 aromatic heterocycles. The molecule has 0 N–H and O–H groups in total. The number of para-hydroxylation sites is 2. The number of hydrogen-bond donors (Lipinski definition) is 0. The number of benzene rings is 4. The number of aromatic nitrogens is 4. The third-order valence-corrected chi connectivity index (χ3v) is 8.48. The van der Waals surface area contributed by atoms with Crippen LogP contribution in [0, 0.1) is 32.6 Å². The van der Waals surface area contributed by atoms with Gasteiger partial charge in [0, 0.05) is 55.8 Å². The molecule has 0 aliphatic carbocycles. The number of nitrogens with zero attached hydrogens (tertiary/aromatic N) is 5. The van der Waals surface area contributed by atoms with Crippen molar-refractivity contribution in [3.05, 3.63) is 133 Å². The topological polar surface area (TPSA) is 48.1 Å². The molecule has 8 rings (SSSR count). The van der Waals surface area contributed by atoms with Crippen molar-refractivity contribution in [3.8, 4) is 28.7 Å². The quantitative estimate of drug-likeness (QED) is 0.164. The average Bonchev–Trinajstić information content (AvgIpc) is 3.53. The Hall–Kier alpha value is -4.80. The van der Waals surface area contributed by atoms with Crippen LogP contribution in [0.1, 0.15) is 36.7 Å². The van der Waals surface area contributed by atoms with E-state index in [1.54, 1.807) is 0 Å². The molecular weight excluding hydrogens is 738 g/mol. The summed E-state index contributed by atoms with van der Waals surface area (Å²) in [6, 6.07) is 38.1. The Labute approximate surface area is 277 Å². The van der Waals surface area contributed by atoms with E-state index in [9.17, 15) is 0 Å². The van der Waals surface area contributed by atoms with Gasteiger partial charge in [-0.05, 0) is 66.0 Å². The molecule has 4 heterocycles. The van der Waals surface area contributed by atoms with Crippen LogP contribution in [-0.2, 0) is 21.1 Å². The summed E-state index contributed by atoms with van der Waals surface area (Å²) in [5.74, 6) is 3.43. The molecule has 6 nitrogen and oxygen atoms in total. The van der Waals surface area contributed by atoms with Crippen LogP contribution in [-0.4, -0.2) is 19.1 Å². The molecule has 0 amide bonds. The molecule has 1 aliphatic heterocycles. The molecular formula is C38H30N5OPt-3. The SMILES string of the molecule is Cc1nc2n(c1C)[CH-]N(c1[c-]c(Oc3[c-]c4c(cc3)c3ccccc3n4-c3cc(C(C)C)ccn3)ccc1)c1ccccc1-2.[Pt]. The van der Waals surface area contributed by atoms with Crippen LogP contribution in [0.15, 0.2) is 97.2 Å². The Kier molecular flexibility index (Phi) is 7.26. The van der Waals surface area contributed by atoms with Crippen molar-refractivity contribution in [2.75, 3.05) is 4.90 Å². The first-order chi connectivity index (χ1) is 21.5. The first-order valence-electron chi connectivity index (χ1n) is 14.9. The van der Waals surface area contributed by atoms with Gasteiger partial charge in [-0.15, -0.1) is 35.7 Å². The first-order valence-corrected chi connectivity index (χ1v) is 14.9. The van der Waals surface area contributed by atoms with E-state index in [0.29, 0.717) is 17.4 Å². The van der Waals surface area contributed by atoms with Crippen LogP contribution in [0.3, 0.4) is 0 Å². The second-order valence-electron chi connectivity index (χ2n) is 11.5. The molecule has 0 spiro atoms. The van der Waals surface area contributed by atoms with Gasteiger partial charge in [-0.2, -0.15) is 12.1 Å². The van der Waals surface area contributed by atoms with Crippen LogP contribution in [0.4, 0.5) is 11.4 Å². The zero-order valence-electron chi connectivity index (χ0n) is 25.4. The molecule has 45 heavy (non-hydrogen) atoms. The molecule has 7 aromatic rings. The Morgan fingerprint density at radius 3 is 2.49 bits per heavy atom. The van der Waals surface area contributed by atoms with Gasteiger partial charge in [0.05, 0.1) is 0 Å². The van der Waals surface area contributed by atoms with Crippen LogP contribution in [0.5, 0.6) is 11.5 Å². The van der Waals surface area contributed by atoms with Crippen LogP contribution >= 0.6 is 0 Å². The van der Waals surface area contributed by atoms with Crippen molar-refractivity contribution in [1.82, 2.24) is 19.1 Å². The van der Waals surface area contributed by atoms with Gasteiger partial charge in [0.25, 0.3) is 0 Å². The van der Waals surface area contributed by atoms with Gasteiger partial charge < -0.3 is 23.8 Å². The van der Waals surface area contributed by atoms with E-state index in [0.717, 1.165) is 61.8 Å². The Morgan fingerprint density at radius 1 is 0.822 bits per heavy atom. The second-order valence-corrected chi connectivity index (χ2v) is 11.5. The summed E-state index contributed by atoms with van der Waals surface area (Å²) in [5.41, 5.74) is 8.37. The van der Waals surface area contributed by atoms with Gasteiger partial charge in [0.1, 0.15) is 5.82 Å². The maximum absolute atomic E-state index is 6.45. The van der Waals surface area contributed by atoms with Crippen molar-refractivity contribution in [1.29, 1.82) is 0 Å². The Morgan fingerprint density at radius 2 is 1.62 bits per heavy atom.